The third-order valence-electron chi connectivity index (χ3n) is 3.55. The molecule has 5 nitrogen and oxygen atoms in total. The van der Waals surface area contributed by atoms with Gasteiger partial charge in [-0.1, -0.05) is 13.3 Å². The Labute approximate surface area is 121 Å². The quantitative estimate of drug-likeness (QED) is 0.583. The average molecular weight is 279 g/mol. The molecule has 0 saturated heterocycles. The van der Waals surface area contributed by atoms with Crippen molar-refractivity contribution in [3.05, 3.63) is 33.9 Å². The Bertz CT molecular complexity index is 449. The van der Waals surface area contributed by atoms with Gasteiger partial charge in [-0.05, 0) is 38.9 Å². The summed E-state index contributed by atoms with van der Waals surface area (Å²) in [5, 5.41) is 14.2. The van der Waals surface area contributed by atoms with Crippen LogP contribution in [0.2, 0.25) is 0 Å². The molecular weight excluding hydrogens is 254 g/mol. The molecule has 0 bridgehead atoms. The van der Waals surface area contributed by atoms with Crippen molar-refractivity contribution in [1.29, 1.82) is 0 Å². The number of nitro benzene ring substituents is 1. The lowest BCUT2D eigenvalue weighted by Gasteiger charge is -2.25. The van der Waals surface area contributed by atoms with Gasteiger partial charge in [-0.3, -0.25) is 15.0 Å². The normalized spacial score (nSPS) is 12.4. The minimum atomic E-state index is -0.339. The Hall–Kier alpha value is -1.62. The van der Waals surface area contributed by atoms with Gasteiger partial charge in [0.1, 0.15) is 0 Å². The highest BCUT2D eigenvalue weighted by atomic mass is 16.6. The third kappa shape index (κ3) is 4.49. The van der Waals surface area contributed by atoms with Crippen molar-refractivity contribution in [2.24, 2.45) is 0 Å². The van der Waals surface area contributed by atoms with E-state index in [0.29, 0.717) is 12.6 Å². The van der Waals surface area contributed by atoms with Crippen LogP contribution in [0.15, 0.2) is 18.2 Å². The molecule has 0 aliphatic carbocycles. The molecule has 20 heavy (non-hydrogen) atoms. The summed E-state index contributed by atoms with van der Waals surface area (Å²) in [7, 11) is 2.06. The van der Waals surface area contributed by atoms with Crippen molar-refractivity contribution in [2.75, 3.05) is 18.9 Å². The SMILES string of the molecule is CCCC(C)N(C)Cc1cc([N+](=O)[O-])ccc1NCC. The molecule has 1 rings (SSSR count). The Balaban J connectivity index is 2.94. The van der Waals surface area contributed by atoms with Crippen LogP contribution < -0.4 is 5.32 Å². The van der Waals surface area contributed by atoms with E-state index in [9.17, 15) is 10.1 Å². The zero-order chi connectivity index (χ0) is 15.1. The molecule has 0 aliphatic rings. The van der Waals surface area contributed by atoms with E-state index in [2.05, 4.69) is 31.1 Å². The summed E-state index contributed by atoms with van der Waals surface area (Å²) in [5.41, 5.74) is 2.11. The number of anilines is 1. The molecule has 5 heteroatoms. The van der Waals surface area contributed by atoms with Gasteiger partial charge in [0.15, 0.2) is 0 Å². The highest BCUT2D eigenvalue weighted by Crippen LogP contribution is 2.24. The molecule has 1 unspecified atom stereocenters. The van der Waals surface area contributed by atoms with Crippen molar-refractivity contribution in [1.82, 2.24) is 4.90 Å². The molecule has 0 aromatic heterocycles. The fraction of sp³-hybridized carbons (Fsp3) is 0.600. The Kier molecular flexibility index (Phi) is 6.45. The third-order valence-corrected chi connectivity index (χ3v) is 3.55. The Morgan fingerprint density at radius 2 is 2.10 bits per heavy atom. The number of non-ortho nitro benzene ring substituents is 1. The van der Waals surface area contributed by atoms with Crippen LogP contribution in [0.1, 0.15) is 39.2 Å². The van der Waals surface area contributed by atoms with E-state index in [-0.39, 0.29) is 10.6 Å². The topological polar surface area (TPSA) is 58.4 Å². The molecule has 0 fully saturated rings. The van der Waals surface area contributed by atoms with Gasteiger partial charge in [-0.15, -0.1) is 0 Å². The van der Waals surface area contributed by atoms with Gasteiger partial charge in [0.2, 0.25) is 0 Å². The standard InChI is InChI=1S/C15H25N3O2/c1-5-7-12(3)17(4)11-13-10-14(18(19)20)8-9-15(13)16-6-2/h8-10,12,16H,5-7,11H2,1-4H3. The molecular formula is C15H25N3O2. The number of nitro groups is 1. The highest BCUT2D eigenvalue weighted by Gasteiger charge is 2.14. The van der Waals surface area contributed by atoms with Gasteiger partial charge >= 0.3 is 0 Å². The second kappa shape index (κ2) is 7.85. The molecule has 0 radical (unpaired) electrons. The summed E-state index contributed by atoms with van der Waals surface area (Å²) in [4.78, 5) is 12.8. The number of hydrogen-bond donors (Lipinski definition) is 1. The van der Waals surface area contributed by atoms with E-state index in [1.54, 1.807) is 18.2 Å². The number of benzene rings is 1. The molecule has 0 spiro atoms. The second-order valence-electron chi connectivity index (χ2n) is 5.18. The number of hydrogen-bond acceptors (Lipinski definition) is 4. The highest BCUT2D eigenvalue weighted by molar-refractivity contribution is 5.56. The predicted octanol–water partition coefficient (Wildman–Crippen LogP) is 3.65. The van der Waals surface area contributed by atoms with Gasteiger partial charge in [-0.2, -0.15) is 0 Å². The van der Waals surface area contributed by atoms with Crippen molar-refractivity contribution in [3.8, 4) is 0 Å². The number of nitrogens with zero attached hydrogens (tertiary/aromatic N) is 2. The minimum absolute atomic E-state index is 0.151. The molecule has 0 amide bonds. The first-order chi connectivity index (χ1) is 9.49. The zero-order valence-electron chi connectivity index (χ0n) is 12.8. The first kappa shape index (κ1) is 16.4. The van der Waals surface area contributed by atoms with Crippen LogP contribution in [0.3, 0.4) is 0 Å². The minimum Gasteiger partial charge on any atom is -0.385 e. The lowest BCUT2D eigenvalue weighted by molar-refractivity contribution is -0.384. The Morgan fingerprint density at radius 3 is 2.65 bits per heavy atom. The van der Waals surface area contributed by atoms with Gasteiger partial charge in [0.05, 0.1) is 4.92 Å². The van der Waals surface area contributed by atoms with Gasteiger partial charge in [0, 0.05) is 37.0 Å². The van der Waals surface area contributed by atoms with E-state index in [0.717, 1.165) is 30.6 Å². The van der Waals surface area contributed by atoms with Crippen LogP contribution >= 0.6 is 0 Å². The average Bonchev–Trinajstić information content (AvgIpc) is 2.40. The molecule has 1 atom stereocenters. The molecule has 112 valence electrons. The maximum atomic E-state index is 10.9. The summed E-state index contributed by atoms with van der Waals surface area (Å²) < 4.78 is 0. The van der Waals surface area contributed by atoms with Gasteiger partial charge in [-0.25, -0.2) is 0 Å². The first-order valence-electron chi connectivity index (χ1n) is 7.21. The number of rotatable bonds is 8. The number of nitrogens with one attached hydrogen (secondary N) is 1. The van der Waals surface area contributed by atoms with Crippen LogP contribution in [0, 0.1) is 10.1 Å². The van der Waals surface area contributed by atoms with E-state index in [1.807, 2.05) is 6.92 Å². The molecule has 1 aromatic carbocycles. The van der Waals surface area contributed by atoms with Crippen LogP contribution in [0.4, 0.5) is 11.4 Å². The molecule has 1 aromatic rings. The van der Waals surface area contributed by atoms with Gasteiger partial charge in [0.25, 0.3) is 5.69 Å². The van der Waals surface area contributed by atoms with Crippen LogP contribution in [0.25, 0.3) is 0 Å². The van der Waals surface area contributed by atoms with E-state index in [4.69, 9.17) is 0 Å². The van der Waals surface area contributed by atoms with Crippen LogP contribution in [-0.2, 0) is 6.54 Å². The van der Waals surface area contributed by atoms with E-state index >= 15 is 0 Å². The summed E-state index contributed by atoms with van der Waals surface area (Å²) in [6.45, 7) is 7.90. The van der Waals surface area contributed by atoms with Crippen molar-refractivity contribution in [3.63, 3.8) is 0 Å². The fourth-order valence-corrected chi connectivity index (χ4v) is 2.25. The molecule has 0 heterocycles. The summed E-state index contributed by atoms with van der Waals surface area (Å²) in [5.74, 6) is 0. The lowest BCUT2D eigenvalue weighted by Crippen LogP contribution is -2.28. The lowest BCUT2D eigenvalue weighted by atomic mass is 10.1. The van der Waals surface area contributed by atoms with Crippen molar-refractivity contribution >= 4 is 11.4 Å². The summed E-state index contributed by atoms with van der Waals surface area (Å²) in [6, 6.07) is 5.49. The van der Waals surface area contributed by atoms with Crippen molar-refractivity contribution < 1.29 is 4.92 Å². The largest absolute Gasteiger partial charge is 0.385 e. The summed E-state index contributed by atoms with van der Waals surface area (Å²) in [6.07, 6.45) is 2.27. The molecule has 1 N–H and O–H groups in total. The Morgan fingerprint density at radius 1 is 1.40 bits per heavy atom. The smallest absolute Gasteiger partial charge is 0.269 e. The zero-order valence-corrected chi connectivity index (χ0v) is 12.8. The van der Waals surface area contributed by atoms with E-state index in [1.165, 1.54) is 0 Å². The maximum Gasteiger partial charge on any atom is 0.269 e. The monoisotopic (exact) mass is 279 g/mol. The maximum absolute atomic E-state index is 10.9. The molecule has 0 saturated carbocycles. The second-order valence-corrected chi connectivity index (χ2v) is 5.18. The van der Waals surface area contributed by atoms with Crippen LogP contribution in [-0.4, -0.2) is 29.5 Å². The first-order valence-corrected chi connectivity index (χ1v) is 7.21. The van der Waals surface area contributed by atoms with Crippen molar-refractivity contribution in [2.45, 2.75) is 46.2 Å². The molecule has 0 aliphatic heterocycles. The summed E-state index contributed by atoms with van der Waals surface area (Å²) >= 11 is 0. The van der Waals surface area contributed by atoms with Gasteiger partial charge < -0.3 is 5.32 Å². The van der Waals surface area contributed by atoms with Crippen LogP contribution in [0.5, 0.6) is 0 Å². The fourth-order valence-electron chi connectivity index (χ4n) is 2.25. The predicted molar refractivity (Wildman–Crippen MR) is 83.1 cm³/mol. The van der Waals surface area contributed by atoms with E-state index < -0.39 is 0 Å².